The Morgan fingerprint density at radius 3 is 2.56 bits per heavy atom. The minimum absolute atomic E-state index is 0.562. The summed E-state index contributed by atoms with van der Waals surface area (Å²) in [6, 6.07) is 1.74. The summed E-state index contributed by atoms with van der Waals surface area (Å²) < 4.78 is 0. The van der Waals surface area contributed by atoms with Gasteiger partial charge in [0.25, 0.3) is 0 Å². The van der Waals surface area contributed by atoms with E-state index >= 15 is 0 Å². The summed E-state index contributed by atoms with van der Waals surface area (Å²) in [5.41, 5.74) is 0.562. The maximum atomic E-state index is 3.88. The van der Waals surface area contributed by atoms with E-state index in [9.17, 15) is 0 Å². The van der Waals surface area contributed by atoms with Crippen molar-refractivity contribution < 1.29 is 0 Å². The summed E-state index contributed by atoms with van der Waals surface area (Å²) in [4.78, 5) is 2.73. The highest BCUT2D eigenvalue weighted by Crippen LogP contribution is 2.41. The lowest BCUT2D eigenvalue weighted by atomic mass is 9.91. The molecule has 0 spiro atoms. The standard InChI is InChI=1S/C16H30N2/c1-12-8-16(2,3)9-15(12)17-10-13-6-7-18(11-13)14-4-5-14/h12-15,17H,4-11H2,1-3H3/t12-,13+,15+/m1/s1. The highest BCUT2D eigenvalue weighted by atomic mass is 15.2. The van der Waals surface area contributed by atoms with E-state index in [0.717, 1.165) is 23.9 Å². The molecule has 1 saturated heterocycles. The highest BCUT2D eigenvalue weighted by Gasteiger charge is 2.38. The second-order valence-corrected chi connectivity index (χ2v) is 7.95. The molecule has 2 saturated carbocycles. The molecule has 3 rings (SSSR count). The Labute approximate surface area is 113 Å². The van der Waals surface area contributed by atoms with Gasteiger partial charge >= 0.3 is 0 Å². The van der Waals surface area contributed by atoms with Gasteiger partial charge in [0, 0.05) is 18.6 Å². The summed E-state index contributed by atoms with van der Waals surface area (Å²) in [6.07, 6.45) is 7.12. The number of likely N-dealkylation sites (tertiary alicyclic amines) is 1. The molecule has 1 heterocycles. The minimum atomic E-state index is 0.562. The Morgan fingerprint density at radius 1 is 1.17 bits per heavy atom. The zero-order valence-electron chi connectivity index (χ0n) is 12.4. The molecule has 1 aliphatic heterocycles. The third-order valence-corrected chi connectivity index (χ3v) is 5.38. The second-order valence-electron chi connectivity index (χ2n) is 7.95. The van der Waals surface area contributed by atoms with Gasteiger partial charge in [0.1, 0.15) is 0 Å². The Morgan fingerprint density at radius 2 is 1.94 bits per heavy atom. The van der Waals surface area contributed by atoms with E-state index in [-0.39, 0.29) is 0 Å². The molecule has 3 atom stereocenters. The predicted molar refractivity (Wildman–Crippen MR) is 76.7 cm³/mol. The summed E-state index contributed by atoms with van der Waals surface area (Å²) in [5.74, 6) is 1.78. The molecular formula is C16H30N2. The van der Waals surface area contributed by atoms with E-state index in [0.29, 0.717) is 5.41 Å². The van der Waals surface area contributed by atoms with Crippen molar-refractivity contribution in [1.29, 1.82) is 0 Å². The Kier molecular flexibility index (Phi) is 3.44. The first-order valence-corrected chi connectivity index (χ1v) is 8.01. The molecule has 0 aromatic heterocycles. The van der Waals surface area contributed by atoms with Crippen LogP contribution in [0.1, 0.15) is 52.9 Å². The van der Waals surface area contributed by atoms with Gasteiger partial charge in [0.05, 0.1) is 0 Å². The average Bonchev–Trinajstić information content (AvgIpc) is 2.96. The zero-order chi connectivity index (χ0) is 12.8. The lowest BCUT2D eigenvalue weighted by Gasteiger charge is -2.21. The SMILES string of the molecule is C[C@@H]1CC(C)(C)C[C@@H]1NC[C@@H]1CCN(C2CC2)C1. The lowest BCUT2D eigenvalue weighted by molar-refractivity contribution is 0.304. The van der Waals surface area contributed by atoms with Gasteiger partial charge in [-0.15, -0.1) is 0 Å². The summed E-state index contributed by atoms with van der Waals surface area (Å²) in [6.45, 7) is 11.3. The minimum Gasteiger partial charge on any atom is -0.313 e. The Balaban J connectivity index is 1.42. The third kappa shape index (κ3) is 2.91. The van der Waals surface area contributed by atoms with Crippen LogP contribution in [0, 0.1) is 17.3 Å². The number of nitrogens with zero attached hydrogens (tertiary/aromatic N) is 1. The van der Waals surface area contributed by atoms with Crippen LogP contribution in [-0.2, 0) is 0 Å². The van der Waals surface area contributed by atoms with Crippen LogP contribution >= 0.6 is 0 Å². The first-order valence-electron chi connectivity index (χ1n) is 8.01. The van der Waals surface area contributed by atoms with Crippen LogP contribution in [0.3, 0.4) is 0 Å². The molecule has 0 aromatic rings. The van der Waals surface area contributed by atoms with Gasteiger partial charge in [-0.1, -0.05) is 20.8 Å². The van der Waals surface area contributed by atoms with Crippen LogP contribution < -0.4 is 5.32 Å². The van der Waals surface area contributed by atoms with Gasteiger partial charge in [-0.2, -0.15) is 0 Å². The molecule has 104 valence electrons. The van der Waals surface area contributed by atoms with Crippen molar-refractivity contribution in [2.75, 3.05) is 19.6 Å². The largest absolute Gasteiger partial charge is 0.313 e. The highest BCUT2D eigenvalue weighted by molar-refractivity contribution is 4.93. The van der Waals surface area contributed by atoms with Crippen molar-refractivity contribution in [3.63, 3.8) is 0 Å². The maximum Gasteiger partial charge on any atom is 0.00980 e. The Bertz CT molecular complexity index is 295. The fourth-order valence-electron chi connectivity index (χ4n) is 4.29. The molecule has 2 heteroatoms. The first kappa shape index (κ1) is 12.9. The average molecular weight is 250 g/mol. The van der Waals surface area contributed by atoms with Gasteiger partial charge < -0.3 is 10.2 Å². The third-order valence-electron chi connectivity index (χ3n) is 5.38. The van der Waals surface area contributed by atoms with E-state index in [1.54, 1.807) is 0 Å². The molecule has 2 nitrogen and oxygen atoms in total. The van der Waals surface area contributed by atoms with E-state index in [1.165, 1.54) is 51.7 Å². The van der Waals surface area contributed by atoms with Crippen molar-refractivity contribution in [2.45, 2.75) is 65.0 Å². The van der Waals surface area contributed by atoms with Gasteiger partial charge in [-0.3, -0.25) is 0 Å². The lowest BCUT2D eigenvalue weighted by Crippen LogP contribution is -2.36. The summed E-state index contributed by atoms with van der Waals surface area (Å²) in [5, 5.41) is 3.88. The predicted octanol–water partition coefficient (Wildman–Crippen LogP) is 2.89. The summed E-state index contributed by atoms with van der Waals surface area (Å²) >= 11 is 0. The molecular weight excluding hydrogens is 220 g/mol. The molecule has 1 N–H and O–H groups in total. The van der Waals surface area contributed by atoms with E-state index in [2.05, 4.69) is 31.0 Å². The van der Waals surface area contributed by atoms with Crippen LogP contribution in [0.15, 0.2) is 0 Å². The molecule has 3 aliphatic rings. The van der Waals surface area contributed by atoms with Crippen molar-refractivity contribution in [3.8, 4) is 0 Å². The van der Waals surface area contributed by atoms with E-state index in [4.69, 9.17) is 0 Å². The van der Waals surface area contributed by atoms with Gasteiger partial charge in [0.2, 0.25) is 0 Å². The van der Waals surface area contributed by atoms with Crippen LogP contribution in [-0.4, -0.2) is 36.6 Å². The van der Waals surface area contributed by atoms with Crippen LogP contribution in [0.5, 0.6) is 0 Å². The van der Waals surface area contributed by atoms with Crippen LogP contribution in [0.2, 0.25) is 0 Å². The molecule has 3 fully saturated rings. The second kappa shape index (κ2) is 4.79. The van der Waals surface area contributed by atoms with Gasteiger partial charge in [-0.25, -0.2) is 0 Å². The van der Waals surface area contributed by atoms with Crippen molar-refractivity contribution in [3.05, 3.63) is 0 Å². The van der Waals surface area contributed by atoms with Gasteiger partial charge in [0.15, 0.2) is 0 Å². The summed E-state index contributed by atoms with van der Waals surface area (Å²) in [7, 11) is 0. The molecule has 0 aromatic carbocycles. The van der Waals surface area contributed by atoms with E-state index in [1.807, 2.05) is 0 Å². The number of hydrogen-bond acceptors (Lipinski definition) is 2. The molecule has 0 radical (unpaired) electrons. The zero-order valence-corrected chi connectivity index (χ0v) is 12.4. The molecule has 0 bridgehead atoms. The topological polar surface area (TPSA) is 15.3 Å². The van der Waals surface area contributed by atoms with Gasteiger partial charge in [-0.05, 0) is 62.4 Å². The normalized spacial score (nSPS) is 40.5. The first-order chi connectivity index (χ1) is 8.53. The van der Waals surface area contributed by atoms with Crippen LogP contribution in [0.25, 0.3) is 0 Å². The fourth-order valence-corrected chi connectivity index (χ4v) is 4.29. The molecule has 0 unspecified atom stereocenters. The smallest absolute Gasteiger partial charge is 0.00980 e. The molecule has 2 aliphatic carbocycles. The molecule has 0 amide bonds. The number of rotatable bonds is 4. The molecule has 18 heavy (non-hydrogen) atoms. The van der Waals surface area contributed by atoms with Crippen molar-refractivity contribution in [1.82, 2.24) is 10.2 Å². The van der Waals surface area contributed by atoms with E-state index < -0.39 is 0 Å². The quantitative estimate of drug-likeness (QED) is 0.825. The number of hydrogen-bond donors (Lipinski definition) is 1. The van der Waals surface area contributed by atoms with Crippen LogP contribution in [0.4, 0.5) is 0 Å². The number of nitrogens with one attached hydrogen (secondary N) is 1. The monoisotopic (exact) mass is 250 g/mol. The maximum absolute atomic E-state index is 3.88. The Hall–Kier alpha value is -0.0800. The van der Waals surface area contributed by atoms with Crippen molar-refractivity contribution in [2.24, 2.45) is 17.3 Å². The van der Waals surface area contributed by atoms with Crippen molar-refractivity contribution >= 4 is 0 Å². The fraction of sp³-hybridized carbons (Fsp3) is 1.00.